The molecule has 5 nitrogen and oxygen atoms in total. The fraction of sp³-hybridized carbons (Fsp3) is 0.182. The van der Waals surface area contributed by atoms with Crippen LogP contribution in [0.3, 0.4) is 0 Å². The summed E-state index contributed by atoms with van der Waals surface area (Å²) in [5.74, 6) is -0.453. The number of benzene rings is 1. The number of halogens is 1. The van der Waals surface area contributed by atoms with E-state index in [1.165, 1.54) is 0 Å². The first-order valence-corrected chi connectivity index (χ1v) is 6.83. The van der Waals surface area contributed by atoms with Gasteiger partial charge in [0.2, 0.25) is 0 Å². The molecular formula is C11H9BrN2O3S. The number of nitrogens with zero attached hydrogens (tertiary/aromatic N) is 2. The monoisotopic (exact) mass is 328 g/mol. The highest BCUT2D eigenvalue weighted by Crippen LogP contribution is 2.17. The standard InChI is InChI=1S/C11H9BrN2O3S/c12-8-3-1-2-7(4-8)5-9-13-11(17-14-9)18-6-10(15)16/h1-4H,5-6H2,(H,15,16). The van der Waals surface area contributed by atoms with Crippen molar-refractivity contribution in [2.45, 2.75) is 11.6 Å². The summed E-state index contributed by atoms with van der Waals surface area (Å²) in [7, 11) is 0. The minimum absolute atomic E-state index is 0.0848. The maximum Gasteiger partial charge on any atom is 0.314 e. The molecule has 18 heavy (non-hydrogen) atoms. The van der Waals surface area contributed by atoms with E-state index in [0.717, 1.165) is 21.8 Å². The first-order chi connectivity index (χ1) is 8.63. The average molecular weight is 329 g/mol. The zero-order chi connectivity index (χ0) is 13.0. The molecule has 94 valence electrons. The first-order valence-electron chi connectivity index (χ1n) is 5.05. The van der Waals surface area contributed by atoms with Gasteiger partial charge in [0.05, 0.1) is 0 Å². The lowest BCUT2D eigenvalue weighted by Gasteiger charge is -1.96. The molecular weight excluding hydrogens is 320 g/mol. The largest absolute Gasteiger partial charge is 0.481 e. The van der Waals surface area contributed by atoms with E-state index in [1.807, 2.05) is 24.3 Å². The number of hydrogen-bond acceptors (Lipinski definition) is 5. The van der Waals surface area contributed by atoms with E-state index in [4.69, 9.17) is 9.63 Å². The summed E-state index contributed by atoms with van der Waals surface area (Å²) in [6, 6.07) is 7.80. The Morgan fingerprint density at radius 2 is 2.33 bits per heavy atom. The number of rotatable bonds is 5. The van der Waals surface area contributed by atoms with E-state index < -0.39 is 5.97 Å². The average Bonchev–Trinajstić information content (AvgIpc) is 2.74. The number of thioether (sulfide) groups is 1. The van der Waals surface area contributed by atoms with Gasteiger partial charge in [0.1, 0.15) is 5.75 Å². The molecule has 1 heterocycles. The van der Waals surface area contributed by atoms with Crippen molar-refractivity contribution in [3.8, 4) is 0 Å². The van der Waals surface area contributed by atoms with E-state index in [9.17, 15) is 4.79 Å². The molecule has 2 rings (SSSR count). The van der Waals surface area contributed by atoms with Gasteiger partial charge in [-0.3, -0.25) is 4.79 Å². The van der Waals surface area contributed by atoms with Crippen LogP contribution < -0.4 is 0 Å². The van der Waals surface area contributed by atoms with Gasteiger partial charge in [-0.15, -0.1) is 0 Å². The molecule has 7 heteroatoms. The summed E-state index contributed by atoms with van der Waals surface area (Å²) in [6.45, 7) is 0. The summed E-state index contributed by atoms with van der Waals surface area (Å²) in [4.78, 5) is 14.5. The van der Waals surface area contributed by atoms with Gasteiger partial charge in [-0.2, -0.15) is 4.98 Å². The van der Waals surface area contributed by atoms with Crippen LogP contribution in [0.4, 0.5) is 0 Å². The lowest BCUT2D eigenvalue weighted by atomic mass is 10.1. The predicted molar refractivity (Wildman–Crippen MR) is 69.6 cm³/mol. The van der Waals surface area contributed by atoms with Crippen molar-refractivity contribution < 1.29 is 14.4 Å². The van der Waals surface area contributed by atoms with Crippen LogP contribution in [-0.2, 0) is 11.2 Å². The van der Waals surface area contributed by atoms with Gasteiger partial charge in [-0.25, -0.2) is 0 Å². The van der Waals surface area contributed by atoms with Crippen LogP contribution >= 0.6 is 27.7 Å². The molecule has 2 aromatic rings. The molecule has 0 amide bonds. The summed E-state index contributed by atoms with van der Waals surface area (Å²) >= 11 is 4.40. The normalized spacial score (nSPS) is 10.5. The highest BCUT2D eigenvalue weighted by atomic mass is 79.9. The number of aliphatic carboxylic acids is 1. The summed E-state index contributed by atoms with van der Waals surface area (Å²) in [5.41, 5.74) is 1.06. The van der Waals surface area contributed by atoms with E-state index >= 15 is 0 Å². The lowest BCUT2D eigenvalue weighted by Crippen LogP contribution is -1.97. The van der Waals surface area contributed by atoms with Crippen LogP contribution in [0, 0.1) is 0 Å². The Balaban J connectivity index is 2.00. The second-order valence-corrected chi connectivity index (χ2v) is 5.31. The highest BCUT2D eigenvalue weighted by molar-refractivity contribution is 9.10. The smallest absolute Gasteiger partial charge is 0.314 e. The number of hydrogen-bond donors (Lipinski definition) is 1. The molecule has 0 saturated heterocycles. The summed E-state index contributed by atoms with van der Waals surface area (Å²) < 4.78 is 5.93. The molecule has 0 aliphatic carbocycles. The molecule has 0 bridgehead atoms. The second kappa shape index (κ2) is 6.01. The lowest BCUT2D eigenvalue weighted by molar-refractivity contribution is -0.133. The Labute approximate surface area is 116 Å². The number of aromatic nitrogens is 2. The van der Waals surface area contributed by atoms with Gasteiger partial charge in [0.15, 0.2) is 5.82 Å². The van der Waals surface area contributed by atoms with Crippen molar-refractivity contribution in [1.29, 1.82) is 0 Å². The Morgan fingerprint density at radius 3 is 3.06 bits per heavy atom. The number of carboxylic acid groups (broad SMARTS) is 1. The van der Waals surface area contributed by atoms with Gasteiger partial charge in [-0.1, -0.05) is 45.0 Å². The fourth-order valence-corrected chi connectivity index (χ4v) is 2.27. The zero-order valence-electron chi connectivity index (χ0n) is 9.17. The van der Waals surface area contributed by atoms with Crippen molar-refractivity contribution in [2.75, 3.05) is 5.75 Å². The van der Waals surface area contributed by atoms with Gasteiger partial charge in [0.25, 0.3) is 5.22 Å². The van der Waals surface area contributed by atoms with Crippen LogP contribution in [0.5, 0.6) is 0 Å². The zero-order valence-corrected chi connectivity index (χ0v) is 11.6. The minimum atomic E-state index is -0.910. The summed E-state index contributed by atoms with van der Waals surface area (Å²) in [6.07, 6.45) is 0.552. The third kappa shape index (κ3) is 3.85. The Hall–Kier alpha value is -1.34. The van der Waals surface area contributed by atoms with E-state index in [2.05, 4.69) is 26.1 Å². The molecule has 0 radical (unpaired) electrons. The molecule has 0 spiro atoms. The van der Waals surface area contributed by atoms with Gasteiger partial charge in [-0.05, 0) is 17.7 Å². The van der Waals surface area contributed by atoms with Crippen LogP contribution in [0.15, 0.2) is 38.5 Å². The van der Waals surface area contributed by atoms with E-state index in [0.29, 0.717) is 12.2 Å². The topological polar surface area (TPSA) is 76.2 Å². The molecule has 0 aliphatic rings. The number of carboxylic acids is 1. The molecule has 0 aliphatic heterocycles. The van der Waals surface area contributed by atoms with Gasteiger partial charge < -0.3 is 9.63 Å². The van der Waals surface area contributed by atoms with Crippen molar-refractivity contribution in [2.24, 2.45) is 0 Å². The van der Waals surface area contributed by atoms with Crippen LogP contribution in [0.1, 0.15) is 11.4 Å². The highest BCUT2D eigenvalue weighted by Gasteiger charge is 2.09. The fourth-order valence-electron chi connectivity index (χ4n) is 1.32. The second-order valence-electron chi connectivity index (χ2n) is 3.47. The third-order valence-corrected chi connectivity index (χ3v) is 3.32. The van der Waals surface area contributed by atoms with Crippen molar-refractivity contribution >= 4 is 33.7 Å². The Kier molecular flexibility index (Phi) is 4.38. The van der Waals surface area contributed by atoms with Crippen molar-refractivity contribution in [3.63, 3.8) is 0 Å². The third-order valence-electron chi connectivity index (χ3n) is 2.02. The molecule has 0 fully saturated rings. The molecule has 0 saturated carbocycles. The van der Waals surface area contributed by atoms with Crippen LogP contribution in [0.25, 0.3) is 0 Å². The van der Waals surface area contributed by atoms with Gasteiger partial charge >= 0.3 is 5.97 Å². The molecule has 1 N–H and O–H groups in total. The maximum absolute atomic E-state index is 10.4. The number of carbonyl (C=O) groups is 1. The molecule has 1 aromatic heterocycles. The van der Waals surface area contributed by atoms with Crippen LogP contribution in [-0.4, -0.2) is 27.0 Å². The van der Waals surface area contributed by atoms with Crippen molar-refractivity contribution in [3.05, 3.63) is 40.1 Å². The molecule has 0 atom stereocenters. The van der Waals surface area contributed by atoms with Crippen LogP contribution in [0.2, 0.25) is 0 Å². The Morgan fingerprint density at radius 1 is 1.50 bits per heavy atom. The Bertz CT molecular complexity index is 559. The van der Waals surface area contributed by atoms with E-state index in [-0.39, 0.29) is 11.0 Å². The SMILES string of the molecule is O=C(O)CSc1nc(Cc2cccc(Br)c2)no1. The van der Waals surface area contributed by atoms with Gasteiger partial charge in [0, 0.05) is 10.9 Å². The first kappa shape index (κ1) is 13.1. The van der Waals surface area contributed by atoms with Crippen molar-refractivity contribution in [1.82, 2.24) is 10.1 Å². The molecule has 1 aromatic carbocycles. The minimum Gasteiger partial charge on any atom is -0.481 e. The predicted octanol–water partition coefficient (Wildman–Crippen LogP) is 2.60. The molecule has 0 unspecified atom stereocenters. The maximum atomic E-state index is 10.4. The quantitative estimate of drug-likeness (QED) is 0.850. The summed E-state index contributed by atoms with van der Waals surface area (Å²) in [5, 5.41) is 12.6. The van der Waals surface area contributed by atoms with E-state index in [1.54, 1.807) is 0 Å².